The van der Waals surface area contributed by atoms with Crippen LogP contribution in [0.15, 0.2) is 6.20 Å². The highest BCUT2D eigenvalue weighted by Crippen LogP contribution is 2.26. The van der Waals surface area contributed by atoms with Gasteiger partial charge in [0.2, 0.25) is 5.95 Å². The molecule has 0 aromatic carbocycles. The van der Waals surface area contributed by atoms with Gasteiger partial charge in [0, 0.05) is 30.6 Å². The van der Waals surface area contributed by atoms with E-state index in [2.05, 4.69) is 21.9 Å². The van der Waals surface area contributed by atoms with E-state index in [1.54, 1.807) is 6.20 Å². The molecule has 1 saturated heterocycles. The molecule has 1 atom stereocenters. The molecule has 2 N–H and O–H groups in total. The SMILES string of the molecule is Cc1cnc(N)nc1N(C)C1CCSC1. The Morgan fingerprint density at radius 3 is 3.07 bits per heavy atom. The van der Waals surface area contributed by atoms with E-state index < -0.39 is 0 Å². The maximum Gasteiger partial charge on any atom is 0.221 e. The van der Waals surface area contributed by atoms with Gasteiger partial charge in [-0.3, -0.25) is 0 Å². The van der Waals surface area contributed by atoms with Crippen LogP contribution in [0.1, 0.15) is 12.0 Å². The third-order valence-electron chi connectivity index (χ3n) is 2.75. The molecule has 0 aliphatic carbocycles. The molecule has 0 bridgehead atoms. The Morgan fingerprint density at radius 1 is 1.60 bits per heavy atom. The first-order valence-corrected chi connectivity index (χ1v) is 6.23. The molecule has 82 valence electrons. The molecule has 4 nitrogen and oxygen atoms in total. The molecule has 2 heterocycles. The van der Waals surface area contributed by atoms with Gasteiger partial charge in [0.05, 0.1) is 0 Å². The molecule has 1 unspecified atom stereocenters. The number of nitrogens with zero attached hydrogens (tertiary/aromatic N) is 3. The average Bonchev–Trinajstić information content (AvgIpc) is 2.74. The summed E-state index contributed by atoms with van der Waals surface area (Å²) >= 11 is 2.00. The van der Waals surface area contributed by atoms with Gasteiger partial charge in [-0.15, -0.1) is 0 Å². The number of rotatable bonds is 2. The summed E-state index contributed by atoms with van der Waals surface area (Å²) in [7, 11) is 2.09. The van der Waals surface area contributed by atoms with Crippen LogP contribution >= 0.6 is 11.8 Å². The summed E-state index contributed by atoms with van der Waals surface area (Å²) in [5, 5.41) is 0. The summed E-state index contributed by atoms with van der Waals surface area (Å²) in [6.45, 7) is 2.02. The lowest BCUT2D eigenvalue weighted by molar-refractivity contribution is 0.689. The van der Waals surface area contributed by atoms with Crippen molar-refractivity contribution in [3.05, 3.63) is 11.8 Å². The Bertz CT molecular complexity index is 349. The first kappa shape index (κ1) is 10.5. The molecule has 0 spiro atoms. The van der Waals surface area contributed by atoms with Gasteiger partial charge in [0.1, 0.15) is 5.82 Å². The van der Waals surface area contributed by atoms with Crippen LogP contribution < -0.4 is 10.6 Å². The highest BCUT2D eigenvalue weighted by atomic mass is 32.2. The number of aryl methyl sites for hydroxylation is 1. The second-order valence-electron chi connectivity index (χ2n) is 3.86. The molecule has 0 radical (unpaired) electrons. The third kappa shape index (κ3) is 2.17. The van der Waals surface area contributed by atoms with Crippen LogP contribution in [-0.2, 0) is 0 Å². The summed E-state index contributed by atoms with van der Waals surface area (Å²) in [6, 6.07) is 0.586. The fraction of sp³-hybridized carbons (Fsp3) is 0.600. The second-order valence-corrected chi connectivity index (χ2v) is 5.01. The molecule has 15 heavy (non-hydrogen) atoms. The molecule has 1 aliphatic rings. The fourth-order valence-corrected chi connectivity index (χ4v) is 3.07. The van der Waals surface area contributed by atoms with Crippen molar-refractivity contribution in [1.82, 2.24) is 9.97 Å². The van der Waals surface area contributed by atoms with Crippen LogP contribution in [0.5, 0.6) is 0 Å². The predicted molar refractivity (Wildman–Crippen MR) is 65.3 cm³/mol. The number of anilines is 2. The lowest BCUT2D eigenvalue weighted by Gasteiger charge is -2.26. The summed E-state index contributed by atoms with van der Waals surface area (Å²) in [6.07, 6.45) is 3.01. The third-order valence-corrected chi connectivity index (χ3v) is 3.90. The second kappa shape index (κ2) is 4.26. The Hall–Kier alpha value is -0.970. The topological polar surface area (TPSA) is 55.0 Å². The van der Waals surface area contributed by atoms with Crippen molar-refractivity contribution in [1.29, 1.82) is 0 Å². The van der Waals surface area contributed by atoms with Crippen molar-refractivity contribution in [2.24, 2.45) is 0 Å². The van der Waals surface area contributed by atoms with Gasteiger partial charge in [-0.05, 0) is 19.1 Å². The van der Waals surface area contributed by atoms with E-state index in [0.29, 0.717) is 12.0 Å². The number of aromatic nitrogens is 2. The van der Waals surface area contributed by atoms with Crippen molar-refractivity contribution >= 4 is 23.5 Å². The van der Waals surface area contributed by atoms with E-state index in [4.69, 9.17) is 5.73 Å². The monoisotopic (exact) mass is 224 g/mol. The van der Waals surface area contributed by atoms with E-state index in [1.165, 1.54) is 17.9 Å². The Labute approximate surface area is 94.3 Å². The van der Waals surface area contributed by atoms with E-state index in [0.717, 1.165) is 11.4 Å². The summed E-state index contributed by atoms with van der Waals surface area (Å²) in [5.74, 6) is 3.75. The minimum Gasteiger partial charge on any atom is -0.368 e. The zero-order chi connectivity index (χ0) is 10.8. The van der Waals surface area contributed by atoms with Gasteiger partial charge in [0.15, 0.2) is 0 Å². The van der Waals surface area contributed by atoms with E-state index in [9.17, 15) is 0 Å². The summed E-state index contributed by atoms with van der Waals surface area (Å²) in [5.41, 5.74) is 6.70. The van der Waals surface area contributed by atoms with Gasteiger partial charge >= 0.3 is 0 Å². The molecule has 1 fully saturated rings. The Kier molecular flexibility index (Phi) is 3.00. The maximum absolute atomic E-state index is 5.61. The molecule has 1 aromatic rings. The smallest absolute Gasteiger partial charge is 0.221 e. The van der Waals surface area contributed by atoms with Gasteiger partial charge in [-0.2, -0.15) is 16.7 Å². The average molecular weight is 224 g/mol. The standard InChI is InChI=1S/C10H16N4S/c1-7-5-12-10(11)13-9(7)14(2)8-3-4-15-6-8/h5,8H,3-4,6H2,1-2H3,(H2,11,12,13). The predicted octanol–water partition coefficient (Wildman–Crippen LogP) is 1.31. The zero-order valence-electron chi connectivity index (χ0n) is 9.10. The van der Waals surface area contributed by atoms with Crippen molar-refractivity contribution in [2.45, 2.75) is 19.4 Å². The van der Waals surface area contributed by atoms with E-state index in [1.807, 2.05) is 18.7 Å². The molecule has 0 saturated carbocycles. The maximum atomic E-state index is 5.61. The fourth-order valence-electron chi connectivity index (χ4n) is 1.80. The molecular formula is C10H16N4S. The van der Waals surface area contributed by atoms with Gasteiger partial charge in [-0.25, -0.2) is 4.98 Å². The minimum atomic E-state index is 0.355. The summed E-state index contributed by atoms with van der Waals surface area (Å²) in [4.78, 5) is 10.5. The number of hydrogen-bond donors (Lipinski definition) is 1. The summed E-state index contributed by atoms with van der Waals surface area (Å²) < 4.78 is 0. The first-order chi connectivity index (χ1) is 7.18. The van der Waals surface area contributed by atoms with Crippen LogP contribution in [0.3, 0.4) is 0 Å². The lowest BCUT2D eigenvalue weighted by atomic mass is 10.2. The minimum absolute atomic E-state index is 0.355. The van der Waals surface area contributed by atoms with Crippen LogP contribution in [0.4, 0.5) is 11.8 Å². The Balaban J connectivity index is 2.23. The molecule has 1 aromatic heterocycles. The number of hydrogen-bond acceptors (Lipinski definition) is 5. The molecule has 5 heteroatoms. The van der Waals surface area contributed by atoms with E-state index >= 15 is 0 Å². The number of nitrogen functional groups attached to an aromatic ring is 1. The van der Waals surface area contributed by atoms with Gasteiger partial charge < -0.3 is 10.6 Å². The first-order valence-electron chi connectivity index (χ1n) is 5.08. The van der Waals surface area contributed by atoms with Crippen LogP contribution in [0.25, 0.3) is 0 Å². The van der Waals surface area contributed by atoms with Crippen LogP contribution in [0, 0.1) is 6.92 Å². The highest BCUT2D eigenvalue weighted by molar-refractivity contribution is 7.99. The molecular weight excluding hydrogens is 208 g/mol. The van der Waals surface area contributed by atoms with Crippen molar-refractivity contribution in [3.8, 4) is 0 Å². The number of thioether (sulfide) groups is 1. The normalized spacial score (nSPS) is 20.5. The highest BCUT2D eigenvalue weighted by Gasteiger charge is 2.22. The van der Waals surface area contributed by atoms with Crippen molar-refractivity contribution < 1.29 is 0 Å². The quantitative estimate of drug-likeness (QED) is 0.821. The molecule has 0 amide bonds. The largest absolute Gasteiger partial charge is 0.368 e. The Morgan fingerprint density at radius 2 is 2.40 bits per heavy atom. The van der Waals surface area contributed by atoms with Crippen LogP contribution in [-0.4, -0.2) is 34.6 Å². The van der Waals surface area contributed by atoms with Gasteiger partial charge in [-0.1, -0.05) is 0 Å². The lowest BCUT2D eigenvalue weighted by Crippen LogP contribution is -2.32. The molecule has 2 rings (SSSR count). The van der Waals surface area contributed by atoms with E-state index in [-0.39, 0.29) is 0 Å². The number of nitrogens with two attached hydrogens (primary N) is 1. The van der Waals surface area contributed by atoms with Crippen molar-refractivity contribution in [2.75, 3.05) is 29.2 Å². The zero-order valence-corrected chi connectivity index (χ0v) is 9.92. The van der Waals surface area contributed by atoms with Crippen LogP contribution in [0.2, 0.25) is 0 Å². The van der Waals surface area contributed by atoms with Crippen molar-refractivity contribution in [3.63, 3.8) is 0 Å². The molecule has 1 aliphatic heterocycles. The van der Waals surface area contributed by atoms with Gasteiger partial charge in [0.25, 0.3) is 0 Å².